The van der Waals surface area contributed by atoms with Gasteiger partial charge in [-0.15, -0.1) is 11.3 Å². The van der Waals surface area contributed by atoms with Crippen LogP contribution in [0.2, 0.25) is 0 Å². The molecule has 0 N–H and O–H groups in total. The smallest absolute Gasteiger partial charge is 0.128 e. The molecule has 2 rings (SSSR count). The first kappa shape index (κ1) is 13.3. The highest BCUT2D eigenvalue weighted by molar-refractivity contribution is 7.14. The molecule has 18 heavy (non-hydrogen) atoms. The third-order valence-electron chi connectivity index (χ3n) is 3.21. The van der Waals surface area contributed by atoms with Crippen LogP contribution in [0, 0.1) is 0 Å². The minimum atomic E-state index is 0.916. The van der Waals surface area contributed by atoms with Gasteiger partial charge < -0.3 is 0 Å². The Bertz CT molecular complexity index is 483. The maximum atomic E-state index is 4.49. The van der Waals surface area contributed by atoms with Gasteiger partial charge in [0.05, 0.1) is 6.54 Å². The van der Waals surface area contributed by atoms with Crippen molar-refractivity contribution in [2.24, 2.45) is 0 Å². The molecule has 0 aliphatic heterocycles. The van der Waals surface area contributed by atoms with Gasteiger partial charge >= 0.3 is 0 Å². The number of aryl methyl sites for hydroxylation is 1. The van der Waals surface area contributed by atoms with Crippen molar-refractivity contribution in [3.8, 4) is 5.00 Å². The number of imidazole rings is 1. The second kappa shape index (κ2) is 6.16. The van der Waals surface area contributed by atoms with Crippen LogP contribution in [0.3, 0.4) is 0 Å². The van der Waals surface area contributed by atoms with Gasteiger partial charge in [0.2, 0.25) is 0 Å². The molecule has 3 nitrogen and oxygen atoms in total. The van der Waals surface area contributed by atoms with Crippen LogP contribution in [-0.2, 0) is 13.0 Å². The third-order valence-corrected chi connectivity index (χ3v) is 4.44. The number of hydrogen-bond donors (Lipinski definition) is 0. The lowest BCUT2D eigenvalue weighted by molar-refractivity contribution is 0.287. The van der Waals surface area contributed by atoms with E-state index in [0.29, 0.717) is 0 Å². The standard InChI is InChI=1S/C14H21N3S/c1-4-12-7-8-14(18-12)17-10-9-15-13(17)11-16(5-2)6-3/h7-10H,4-6,11H2,1-3H3. The number of thiophene rings is 1. The van der Waals surface area contributed by atoms with Crippen molar-refractivity contribution in [2.45, 2.75) is 33.7 Å². The Kier molecular flexibility index (Phi) is 4.55. The number of rotatable bonds is 6. The van der Waals surface area contributed by atoms with E-state index in [4.69, 9.17) is 0 Å². The lowest BCUT2D eigenvalue weighted by Crippen LogP contribution is -2.23. The molecular formula is C14H21N3S. The topological polar surface area (TPSA) is 21.1 Å². The Balaban J connectivity index is 2.21. The Hall–Kier alpha value is -1.13. The fourth-order valence-electron chi connectivity index (χ4n) is 1.99. The molecule has 4 heteroatoms. The molecule has 0 unspecified atom stereocenters. The second-order valence-electron chi connectivity index (χ2n) is 4.27. The first-order valence-electron chi connectivity index (χ1n) is 6.62. The van der Waals surface area contributed by atoms with Crippen LogP contribution in [0.1, 0.15) is 31.5 Å². The molecule has 2 aromatic heterocycles. The molecule has 0 aromatic carbocycles. The summed E-state index contributed by atoms with van der Waals surface area (Å²) in [5.74, 6) is 1.13. The molecule has 0 spiro atoms. The van der Waals surface area contributed by atoms with Gasteiger partial charge in [-0.05, 0) is 31.6 Å². The number of nitrogens with zero attached hydrogens (tertiary/aromatic N) is 3. The van der Waals surface area contributed by atoms with Gasteiger partial charge in [-0.25, -0.2) is 4.98 Å². The van der Waals surface area contributed by atoms with E-state index in [-0.39, 0.29) is 0 Å². The minimum Gasteiger partial charge on any atom is -0.297 e. The molecule has 0 radical (unpaired) electrons. The van der Waals surface area contributed by atoms with Crippen molar-refractivity contribution in [1.82, 2.24) is 14.5 Å². The normalized spacial score (nSPS) is 11.3. The summed E-state index contributed by atoms with van der Waals surface area (Å²) in [6.07, 6.45) is 5.05. The van der Waals surface area contributed by atoms with Crippen molar-refractivity contribution in [1.29, 1.82) is 0 Å². The van der Waals surface area contributed by atoms with E-state index >= 15 is 0 Å². The average molecular weight is 263 g/mol. The highest BCUT2D eigenvalue weighted by atomic mass is 32.1. The Labute approximate surface area is 113 Å². The Morgan fingerprint density at radius 1 is 1.22 bits per heavy atom. The molecule has 2 aromatic rings. The van der Waals surface area contributed by atoms with Crippen molar-refractivity contribution in [2.75, 3.05) is 13.1 Å². The zero-order valence-electron chi connectivity index (χ0n) is 11.4. The van der Waals surface area contributed by atoms with E-state index < -0.39 is 0 Å². The quantitative estimate of drug-likeness (QED) is 0.797. The predicted molar refractivity (Wildman–Crippen MR) is 77.4 cm³/mol. The zero-order valence-corrected chi connectivity index (χ0v) is 12.2. The summed E-state index contributed by atoms with van der Waals surface area (Å²) in [5, 5.41) is 1.27. The summed E-state index contributed by atoms with van der Waals surface area (Å²) in [6, 6.07) is 4.40. The van der Waals surface area contributed by atoms with Gasteiger partial charge in [0.15, 0.2) is 0 Å². The van der Waals surface area contributed by atoms with E-state index in [1.165, 1.54) is 9.88 Å². The van der Waals surface area contributed by atoms with Gasteiger partial charge in [0.25, 0.3) is 0 Å². The first-order chi connectivity index (χ1) is 8.78. The summed E-state index contributed by atoms with van der Waals surface area (Å²) < 4.78 is 2.21. The summed E-state index contributed by atoms with van der Waals surface area (Å²) >= 11 is 1.85. The molecule has 0 aliphatic carbocycles. The monoisotopic (exact) mass is 263 g/mol. The highest BCUT2D eigenvalue weighted by Crippen LogP contribution is 2.22. The van der Waals surface area contributed by atoms with E-state index in [9.17, 15) is 0 Å². The number of aromatic nitrogens is 2. The van der Waals surface area contributed by atoms with Gasteiger partial charge in [0.1, 0.15) is 10.8 Å². The fourth-order valence-corrected chi connectivity index (χ4v) is 2.93. The summed E-state index contributed by atoms with van der Waals surface area (Å²) in [6.45, 7) is 9.62. The van der Waals surface area contributed by atoms with Crippen LogP contribution >= 0.6 is 11.3 Å². The maximum absolute atomic E-state index is 4.49. The molecule has 0 atom stereocenters. The molecule has 0 bridgehead atoms. The molecule has 98 valence electrons. The summed E-state index contributed by atoms with van der Waals surface area (Å²) in [5.41, 5.74) is 0. The second-order valence-corrected chi connectivity index (χ2v) is 5.42. The van der Waals surface area contributed by atoms with Crippen molar-refractivity contribution in [3.05, 3.63) is 35.2 Å². The van der Waals surface area contributed by atoms with Crippen LogP contribution in [-0.4, -0.2) is 27.5 Å². The van der Waals surface area contributed by atoms with E-state index in [2.05, 4.69) is 53.6 Å². The van der Waals surface area contributed by atoms with Crippen LogP contribution in [0.25, 0.3) is 5.00 Å². The van der Waals surface area contributed by atoms with Gasteiger partial charge in [-0.3, -0.25) is 9.47 Å². The first-order valence-corrected chi connectivity index (χ1v) is 7.43. The van der Waals surface area contributed by atoms with Gasteiger partial charge in [-0.2, -0.15) is 0 Å². The van der Waals surface area contributed by atoms with Crippen LogP contribution < -0.4 is 0 Å². The molecule has 2 heterocycles. The van der Waals surface area contributed by atoms with Crippen molar-refractivity contribution in [3.63, 3.8) is 0 Å². The lowest BCUT2D eigenvalue weighted by Gasteiger charge is -2.17. The van der Waals surface area contributed by atoms with Crippen molar-refractivity contribution < 1.29 is 0 Å². The third kappa shape index (κ3) is 2.82. The zero-order chi connectivity index (χ0) is 13.0. The number of hydrogen-bond acceptors (Lipinski definition) is 3. The lowest BCUT2D eigenvalue weighted by atomic mass is 10.4. The Morgan fingerprint density at radius 2 is 2.00 bits per heavy atom. The van der Waals surface area contributed by atoms with Crippen molar-refractivity contribution >= 4 is 11.3 Å². The van der Waals surface area contributed by atoms with Gasteiger partial charge in [-0.1, -0.05) is 20.8 Å². The predicted octanol–water partition coefficient (Wildman–Crippen LogP) is 3.34. The Morgan fingerprint density at radius 3 is 2.61 bits per heavy atom. The maximum Gasteiger partial charge on any atom is 0.128 e. The molecular weight excluding hydrogens is 242 g/mol. The summed E-state index contributed by atoms with van der Waals surface area (Å²) in [4.78, 5) is 8.30. The largest absolute Gasteiger partial charge is 0.297 e. The molecule has 0 fully saturated rings. The van der Waals surface area contributed by atoms with E-state index in [1.54, 1.807) is 0 Å². The summed E-state index contributed by atoms with van der Waals surface area (Å²) in [7, 11) is 0. The molecule has 0 aliphatic rings. The molecule has 0 saturated heterocycles. The minimum absolute atomic E-state index is 0.916. The highest BCUT2D eigenvalue weighted by Gasteiger charge is 2.10. The van der Waals surface area contributed by atoms with E-state index in [0.717, 1.165) is 31.9 Å². The molecule has 0 amide bonds. The van der Waals surface area contributed by atoms with Crippen LogP contribution in [0.4, 0.5) is 0 Å². The SMILES string of the molecule is CCc1ccc(-n2ccnc2CN(CC)CC)s1. The van der Waals surface area contributed by atoms with Gasteiger partial charge in [0, 0.05) is 17.3 Å². The van der Waals surface area contributed by atoms with E-state index in [1.807, 2.05) is 17.5 Å². The fraction of sp³-hybridized carbons (Fsp3) is 0.500. The van der Waals surface area contributed by atoms with Crippen LogP contribution in [0.15, 0.2) is 24.5 Å². The molecule has 0 saturated carbocycles. The van der Waals surface area contributed by atoms with Crippen LogP contribution in [0.5, 0.6) is 0 Å². The average Bonchev–Trinajstić information content (AvgIpc) is 3.03.